The first-order chi connectivity index (χ1) is 15.2. The fraction of sp³-hybridized carbons (Fsp3) is 0.391. The lowest BCUT2D eigenvalue weighted by Gasteiger charge is -2.26. The standard InChI is InChI=1S/C23H27N3O5/c27-22(24-10-5-11-26-12-14-29-15-13-26)17-6-1-2-7-18(17)25-23(28)21-16-30-19-8-3-4-9-20(19)31-21/h1-4,6-9,21H,5,10-16H2,(H,24,27)(H,25,28)/t21-/m0/s1. The highest BCUT2D eigenvalue weighted by atomic mass is 16.6. The Kier molecular flexibility index (Phi) is 7.01. The summed E-state index contributed by atoms with van der Waals surface area (Å²) >= 11 is 0. The largest absolute Gasteiger partial charge is 0.485 e. The molecule has 2 aliphatic rings. The molecular formula is C23H27N3O5. The number of nitrogens with zero attached hydrogens (tertiary/aromatic N) is 1. The molecule has 0 radical (unpaired) electrons. The fourth-order valence-electron chi connectivity index (χ4n) is 3.58. The Bertz CT molecular complexity index is 914. The molecule has 0 saturated carbocycles. The molecule has 2 aromatic rings. The minimum atomic E-state index is -0.792. The average Bonchev–Trinajstić information content (AvgIpc) is 2.82. The third kappa shape index (κ3) is 5.53. The number of anilines is 1. The second-order valence-corrected chi connectivity index (χ2v) is 7.46. The highest BCUT2D eigenvalue weighted by Gasteiger charge is 2.28. The summed E-state index contributed by atoms with van der Waals surface area (Å²) in [7, 11) is 0. The summed E-state index contributed by atoms with van der Waals surface area (Å²) in [6, 6.07) is 14.2. The normalized spacial score (nSPS) is 18.3. The van der Waals surface area contributed by atoms with Crippen LogP contribution in [0.5, 0.6) is 11.5 Å². The van der Waals surface area contributed by atoms with E-state index in [9.17, 15) is 9.59 Å². The Hall–Kier alpha value is -3.10. The van der Waals surface area contributed by atoms with Crippen molar-refractivity contribution in [2.75, 3.05) is 51.3 Å². The molecule has 1 saturated heterocycles. The summed E-state index contributed by atoms with van der Waals surface area (Å²) in [6.07, 6.45) is 0.0620. The van der Waals surface area contributed by atoms with E-state index >= 15 is 0 Å². The topological polar surface area (TPSA) is 89.1 Å². The molecule has 0 aromatic heterocycles. The molecule has 0 bridgehead atoms. The maximum atomic E-state index is 12.7. The molecule has 2 aliphatic heterocycles. The van der Waals surface area contributed by atoms with Crippen LogP contribution in [-0.2, 0) is 9.53 Å². The van der Waals surface area contributed by atoms with E-state index in [1.165, 1.54) is 0 Å². The van der Waals surface area contributed by atoms with Crippen LogP contribution in [0, 0.1) is 0 Å². The zero-order chi connectivity index (χ0) is 21.5. The molecule has 2 heterocycles. The molecule has 164 valence electrons. The van der Waals surface area contributed by atoms with Crippen molar-refractivity contribution in [2.24, 2.45) is 0 Å². The van der Waals surface area contributed by atoms with Gasteiger partial charge in [0.2, 0.25) is 6.10 Å². The van der Waals surface area contributed by atoms with Gasteiger partial charge in [0, 0.05) is 19.6 Å². The molecule has 31 heavy (non-hydrogen) atoms. The van der Waals surface area contributed by atoms with Gasteiger partial charge in [0.15, 0.2) is 11.5 Å². The summed E-state index contributed by atoms with van der Waals surface area (Å²) in [5, 5.41) is 5.75. The van der Waals surface area contributed by atoms with Gasteiger partial charge in [-0.3, -0.25) is 14.5 Å². The number of amides is 2. The molecule has 0 aliphatic carbocycles. The lowest BCUT2D eigenvalue weighted by Crippen LogP contribution is -2.40. The SMILES string of the molecule is O=C(NCCCN1CCOCC1)c1ccccc1NC(=O)[C@@H]1COc2ccccc2O1. The number of hydrogen-bond acceptors (Lipinski definition) is 6. The second-order valence-electron chi connectivity index (χ2n) is 7.46. The average molecular weight is 425 g/mol. The van der Waals surface area contributed by atoms with Gasteiger partial charge in [-0.1, -0.05) is 24.3 Å². The van der Waals surface area contributed by atoms with E-state index < -0.39 is 6.10 Å². The lowest BCUT2D eigenvalue weighted by atomic mass is 10.1. The number of hydrogen-bond donors (Lipinski definition) is 2. The number of para-hydroxylation sites is 3. The van der Waals surface area contributed by atoms with Gasteiger partial charge in [-0.15, -0.1) is 0 Å². The molecule has 8 nitrogen and oxygen atoms in total. The van der Waals surface area contributed by atoms with Gasteiger partial charge in [0.1, 0.15) is 6.61 Å². The Morgan fingerprint density at radius 1 is 1.00 bits per heavy atom. The van der Waals surface area contributed by atoms with Gasteiger partial charge >= 0.3 is 0 Å². The van der Waals surface area contributed by atoms with Crippen molar-refractivity contribution in [3.05, 3.63) is 54.1 Å². The number of rotatable bonds is 7. The first kappa shape index (κ1) is 21.1. The van der Waals surface area contributed by atoms with Gasteiger partial charge in [0.05, 0.1) is 24.5 Å². The number of fused-ring (bicyclic) bond motifs is 1. The van der Waals surface area contributed by atoms with Crippen LogP contribution in [0.3, 0.4) is 0 Å². The van der Waals surface area contributed by atoms with E-state index in [2.05, 4.69) is 15.5 Å². The molecule has 8 heteroatoms. The van der Waals surface area contributed by atoms with E-state index in [1.54, 1.807) is 36.4 Å². The maximum Gasteiger partial charge on any atom is 0.269 e. The van der Waals surface area contributed by atoms with Crippen molar-refractivity contribution in [1.82, 2.24) is 10.2 Å². The molecule has 1 atom stereocenters. The first-order valence-corrected chi connectivity index (χ1v) is 10.6. The predicted molar refractivity (Wildman–Crippen MR) is 116 cm³/mol. The van der Waals surface area contributed by atoms with E-state index in [1.807, 2.05) is 12.1 Å². The zero-order valence-electron chi connectivity index (χ0n) is 17.3. The van der Waals surface area contributed by atoms with Crippen molar-refractivity contribution in [3.8, 4) is 11.5 Å². The Labute approximate surface area is 181 Å². The quantitative estimate of drug-likeness (QED) is 0.659. The Morgan fingerprint density at radius 3 is 2.58 bits per heavy atom. The summed E-state index contributed by atoms with van der Waals surface area (Å²) in [5.74, 6) is 0.565. The Morgan fingerprint density at radius 2 is 1.74 bits per heavy atom. The van der Waals surface area contributed by atoms with E-state index in [4.69, 9.17) is 14.2 Å². The summed E-state index contributed by atoms with van der Waals surface area (Å²) in [4.78, 5) is 27.7. The maximum absolute atomic E-state index is 12.7. The van der Waals surface area contributed by atoms with Crippen molar-refractivity contribution in [3.63, 3.8) is 0 Å². The molecule has 2 aromatic carbocycles. The molecule has 0 unspecified atom stereocenters. The molecular weight excluding hydrogens is 398 g/mol. The van der Waals surface area contributed by atoms with Crippen LogP contribution >= 0.6 is 0 Å². The smallest absolute Gasteiger partial charge is 0.269 e. The number of carbonyl (C=O) groups is 2. The zero-order valence-corrected chi connectivity index (χ0v) is 17.3. The third-order valence-electron chi connectivity index (χ3n) is 5.27. The first-order valence-electron chi connectivity index (χ1n) is 10.6. The number of benzene rings is 2. The monoisotopic (exact) mass is 425 g/mol. The Balaban J connectivity index is 1.30. The third-order valence-corrected chi connectivity index (χ3v) is 5.27. The highest BCUT2D eigenvalue weighted by molar-refractivity contribution is 6.04. The van der Waals surface area contributed by atoms with Crippen molar-refractivity contribution >= 4 is 17.5 Å². The molecule has 2 amide bonds. The van der Waals surface area contributed by atoms with Crippen molar-refractivity contribution in [2.45, 2.75) is 12.5 Å². The van der Waals surface area contributed by atoms with Gasteiger partial charge < -0.3 is 24.8 Å². The second kappa shape index (κ2) is 10.3. The van der Waals surface area contributed by atoms with Crippen LogP contribution in [0.15, 0.2) is 48.5 Å². The highest BCUT2D eigenvalue weighted by Crippen LogP contribution is 2.31. The summed E-state index contributed by atoms with van der Waals surface area (Å²) in [6.45, 7) is 4.98. The number of morpholine rings is 1. The van der Waals surface area contributed by atoms with E-state index in [0.717, 1.165) is 39.3 Å². The molecule has 4 rings (SSSR count). The van der Waals surface area contributed by atoms with Crippen LogP contribution in [0.25, 0.3) is 0 Å². The van der Waals surface area contributed by atoms with Gasteiger partial charge in [-0.2, -0.15) is 0 Å². The number of ether oxygens (including phenoxy) is 3. The predicted octanol–water partition coefficient (Wildman–Crippen LogP) is 1.92. The van der Waals surface area contributed by atoms with Gasteiger partial charge in [-0.05, 0) is 37.2 Å². The summed E-state index contributed by atoms with van der Waals surface area (Å²) < 4.78 is 16.7. The van der Waals surface area contributed by atoms with Crippen LogP contribution in [-0.4, -0.2) is 68.8 Å². The van der Waals surface area contributed by atoms with Gasteiger partial charge in [0.25, 0.3) is 11.8 Å². The van der Waals surface area contributed by atoms with Crippen molar-refractivity contribution in [1.29, 1.82) is 0 Å². The fourth-order valence-corrected chi connectivity index (χ4v) is 3.58. The van der Waals surface area contributed by atoms with E-state index in [0.29, 0.717) is 29.3 Å². The molecule has 1 fully saturated rings. The number of nitrogens with one attached hydrogen (secondary N) is 2. The lowest BCUT2D eigenvalue weighted by molar-refractivity contribution is -0.125. The van der Waals surface area contributed by atoms with E-state index in [-0.39, 0.29) is 18.4 Å². The molecule has 2 N–H and O–H groups in total. The minimum absolute atomic E-state index is 0.110. The van der Waals surface area contributed by atoms with Crippen molar-refractivity contribution < 1.29 is 23.8 Å². The van der Waals surface area contributed by atoms with Gasteiger partial charge in [-0.25, -0.2) is 0 Å². The molecule has 0 spiro atoms. The van der Waals surface area contributed by atoms with Crippen LogP contribution in [0.4, 0.5) is 5.69 Å². The van der Waals surface area contributed by atoms with Crippen LogP contribution < -0.4 is 20.1 Å². The van der Waals surface area contributed by atoms with Crippen LogP contribution in [0.1, 0.15) is 16.8 Å². The number of carbonyl (C=O) groups excluding carboxylic acids is 2. The van der Waals surface area contributed by atoms with Crippen LogP contribution in [0.2, 0.25) is 0 Å². The minimum Gasteiger partial charge on any atom is -0.485 e. The summed E-state index contributed by atoms with van der Waals surface area (Å²) in [5.41, 5.74) is 0.861.